The molecule has 4 aromatic carbocycles. The minimum atomic E-state index is -1.16. The van der Waals surface area contributed by atoms with Gasteiger partial charge in [-0.25, -0.2) is 9.59 Å². The number of hydrogen-bond acceptors (Lipinski definition) is 12. The molecule has 0 fully saturated rings. The van der Waals surface area contributed by atoms with Crippen LogP contribution in [0.5, 0.6) is 34.5 Å². The van der Waals surface area contributed by atoms with Crippen molar-refractivity contribution in [3.63, 3.8) is 0 Å². The van der Waals surface area contributed by atoms with Crippen LogP contribution in [0.3, 0.4) is 0 Å². The van der Waals surface area contributed by atoms with Crippen molar-refractivity contribution in [2.45, 2.75) is 45.3 Å². The zero-order valence-corrected chi connectivity index (χ0v) is 27.5. The molecule has 0 aromatic heterocycles. The number of carbonyl (C=O) groups is 2. The number of carbonyl (C=O) groups excluding carboxylic acids is 2. The van der Waals surface area contributed by atoms with Gasteiger partial charge in [0.15, 0.2) is 17.2 Å². The Labute approximate surface area is 283 Å². The maximum absolute atomic E-state index is 12.3. The average Bonchev–Trinajstić information content (AvgIpc) is 3.08. The molecule has 2 atom stereocenters. The van der Waals surface area contributed by atoms with E-state index in [0.29, 0.717) is 17.1 Å². The van der Waals surface area contributed by atoms with Crippen LogP contribution in [0, 0.1) is 13.8 Å². The van der Waals surface area contributed by atoms with Gasteiger partial charge in [0.1, 0.15) is 55.9 Å². The topological polar surface area (TPSA) is 192 Å². The first kappa shape index (κ1) is 36.4. The lowest BCUT2D eigenvalue weighted by atomic mass is 9.78. The summed E-state index contributed by atoms with van der Waals surface area (Å²) in [6.07, 6.45) is -2.22. The summed E-state index contributed by atoms with van der Waals surface area (Å²) in [6.45, 7) is 6.69. The van der Waals surface area contributed by atoms with Gasteiger partial charge in [-0.1, -0.05) is 38.1 Å². The van der Waals surface area contributed by atoms with Crippen molar-refractivity contribution in [2.24, 2.45) is 0 Å². The van der Waals surface area contributed by atoms with E-state index >= 15 is 0 Å². The monoisotopic (exact) mass is 676 g/mol. The first-order valence-electron chi connectivity index (χ1n) is 15.4. The molecule has 0 saturated heterocycles. The second-order valence-electron chi connectivity index (χ2n) is 12.1. The lowest BCUT2D eigenvalue weighted by Crippen LogP contribution is -2.25. The normalized spacial score (nSPS) is 12.5. The Hall–Kier alpha value is -5.46. The summed E-state index contributed by atoms with van der Waals surface area (Å²) in [5, 5.41) is 58.9. The van der Waals surface area contributed by atoms with Crippen molar-refractivity contribution in [3.05, 3.63) is 106 Å². The predicted octanol–water partition coefficient (Wildman–Crippen LogP) is 4.65. The maximum Gasteiger partial charge on any atom is 0.338 e. The van der Waals surface area contributed by atoms with E-state index in [2.05, 4.69) is 13.8 Å². The number of benzene rings is 4. The third-order valence-electron chi connectivity index (χ3n) is 8.03. The van der Waals surface area contributed by atoms with Crippen LogP contribution in [0.25, 0.3) is 0 Å². The number of esters is 2. The Morgan fingerprint density at radius 3 is 1.41 bits per heavy atom. The van der Waals surface area contributed by atoms with Crippen LogP contribution in [0.4, 0.5) is 0 Å². The zero-order valence-electron chi connectivity index (χ0n) is 27.5. The van der Waals surface area contributed by atoms with Gasteiger partial charge in [-0.15, -0.1) is 0 Å². The van der Waals surface area contributed by atoms with Gasteiger partial charge in [-0.05, 0) is 84.6 Å². The number of aliphatic hydroxyl groups is 2. The van der Waals surface area contributed by atoms with Gasteiger partial charge in [0.25, 0.3) is 0 Å². The van der Waals surface area contributed by atoms with Crippen molar-refractivity contribution in [1.82, 2.24) is 0 Å². The molecular formula is C37H40O12. The standard InChI is InChI=1S/C37H40O12/c1-21-13-23(14-31(40)22(21)2)35(44)48-19-27(38)17-46-29-9-5-25(6-10-29)37(3,4)26-7-11-30(12-8-26)47-18-28(39)20-49-36(45)24-15-32(41)34(43)33(42)16-24/h5-16,27-28,38-43H,17-20H2,1-4H3. The van der Waals surface area contributed by atoms with Gasteiger partial charge in [-0.2, -0.15) is 0 Å². The van der Waals surface area contributed by atoms with E-state index in [0.717, 1.165) is 28.8 Å². The first-order chi connectivity index (χ1) is 23.1. The number of aryl methyl sites for hydroxylation is 1. The second-order valence-corrected chi connectivity index (χ2v) is 12.1. The molecule has 0 aliphatic rings. The third kappa shape index (κ3) is 9.34. The van der Waals surface area contributed by atoms with Crippen molar-refractivity contribution in [2.75, 3.05) is 26.4 Å². The van der Waals surface area contributed by atoms with Gasteiger partial charge >= 0.3 is 11.9 Å². The van der Waals surface area contributed by atoms with Gasteiger partial charge in [0.2, 0.25) is 0 Å². The Bertz CT molecular complexity index is 1590. The molecule has 4 rings (SSSR count). The highest BCUT2D eigenvalue weighted by Gasteiger charge is 2.24. The SMILES string of the molecule is Cc1cc(C(=O)OCC(O)COc2ccc(C(C)(C)c3ccc(OCC(O)COC(=O)c4cc(O)c(O)c(O)c4)cc3)cc2)cc(O)c1C. The van der Waals surface area contributed by atoms with Crippen molar-refractivity contribution in [1.29, 1.82) is 0 Å². The van der Waals surface area contributed by atoms with E-state index in [1.165, 1.54) is 6.07 Å². The molecule has 0 radical (unpaired) electrons. The van der Waals surface area contributed by atoms with Crippen molar-refractivity contribution >= 4 is 11.9 Å². The molecule has 0 aliphatic carbocycles. The fraction of sp³-hybridized carbons (Fsp3) is 0.297. The third-order valence-corrected chi connectivity index (χ3v) is 8.03. The van der Waals surface area contributed by atoms with Crippen molar-refractivity contribution in [3.8, 4) is 34.5 Å². The fourth-order valence-electron chi connectivity index (χ4n) is 4.77. The molecule has 4 aromatic rings. The number of phenols is 4. The summed E-state index contributed by atoms with van der Waals surface area (Å²) >= 11 is 0. The highest BCUT2D eigenvalue weighted by molar-refractivity contribution is 5.91. The largest absolute Gasteiger partial charge is 0.508 e. The number of ether oxygens (including phenoxy) is 4. The lowest BCUT2D eigenvalue weighted by molar-refractivity contribution is 0.0127. The summed E-state index contributed by atoms with van der Waals surface area (Å²) in [4.78, 5) is 24.5. The summed E-state index contributed by atoms with van der Waals surface area (Å²) in [6, 6.07) is 19.5. The van der Waals surface area contributed by atoms with E-state index < -0.39 is 53.4 Å². The van der Waals surface area contributed by atoms with Gasteiger partial charge < -0.3 is 49.6 Å². The highest BCUT2D eigenvalue weighted by Crippen LogP contribution is 2.36. The fourth-order valence-corrected chi connectivity index (χ4v) is 4.77. The molecule has 12 nitrogen and oxygen atoms in total. The van der Waals surface area contributed by atoms with Gasteiger partial charge in [0, 0.05) is 5.41 Å². The number of phenolic OH excluding ortho intramolecular Hbond substituents is 4. The Kier molecular flexibility index (Phi) is 11.6. The smallest absolute Gasteiger partial charge is 0.338 e. The van der Waals surface area contributed by atoms with E-state index in [-0.39, 0.29) is 36.7 Å². The summed E-state index contributed by atoms with van der Waals surface area (Å²) in [5.41, 5.74) is 3.00. The van der Waals surface area contributed by atoms with E-state index in [4.69, 9.17) is 18.9 Å². The molecule has 0 aliphatic heterocycles. The predicted molar refractivity (Wildman–Crippen MR) is 178 cm³/mol. The molecule has 6 N–H and O–H groups in total. The number of hydrogen-bond donors (Lipinski definition) is 6. The molecular weight excluding hydrogens is 636 g/mol. The molecule has 0 saturated carbocycles. The highest BCUT2D eigenvalue weighted by atomic mass is 16.6. The Morgan fingerprint density at radius 2 is 1.00 bits per heavy atom. The quantitative estimate of drug-likeness (QED) is 0.0802. The van der Waals surface area contributed by atoms with E-state index in [1.54, 1.807) is 44.2 Å². The second kappa shape index (κ2) is 15.6. The molecule has 260 valence electrons. The molecule has 0 amide bonds. The minimum Gasteiger partial charge on any atom is -0.508 e. The molecule has 0 bridgehead atoms. The molecule has 0 heterocycles. The Morgan fingerprint density at radius 1 is 0.612 bits per heavy atom. The Balaban J connectivity index is 1.22. The van der Waals surface area contributed by atoms with Gasteiger partial charge in [0.05, 0.1) is 11.1 Å². The zero-order chi connectivity index (χ0) is 35.9. The summed E-state index contributed by atoms with van der Waals surface area (Å²) < 4.78 is 21.5. The van der Waals surface area contributed by atoms with Crippen LogP contribution >= 0.6 is 0 Å². The van der Waals surface area contributed by atoms with Crippen molar-refractivity contribution < 1.29 is 59.2 Å². The first-order valence-corrected chi connectivity index (χ1v) is 15.4. The van der Waals surface area contributed by atoms with Crippen LogP contribution in [0.15, 0.2) is 72.8 Å². The summed E-state index contributed by atoms with van der Waals surface area (Å²) in [7, 11) is 0. The minimum absolute atomic E-state index is 0.000730. The van der Waals surface area contributed by atoms with E-state index in [9.17, 15) is 40.2 Å². The van der Waals surface area contributed by atoms with Crippen LogP contribution in [0.2, 0.25) is 0 Å². The summed E-state index contributed by atoms with van der Waals surface area (Å²) in [5.74, 6) is -2.68. The maximum atomic E-state index is 12.3. The van der Waals surface area contributed by atoms with Gasteiger partial charge in [-0.3, -0.25) is 0 Å². The van der Waals surface area contributed by atoms with Crippen LogP contribution in [-0.2, 0) is 14.9 Å². The molecule has 12 heteroatoms. The molecule has 0 spiro atoms. The molecule has 2 unspecified atom stereocenters. The van der Waals surface area contributed by atoms with Crippen LogP contribution < -0.4 is 9.47 Å². The lowest BCUT2D eigenvalue weighted by Gasteiger charge is -2.26. The van der Waals surface area contributed by atoms with Crippen LogP contribution in [-0.4, -0.2) is 81.2 Å². The average molecular weight is 677 g/mol. The van der Waals surface area contributed by atoms with Crippen LogP contribution in [0.1, 0.15) is 56.8 Å². The molecule has 49 heavy (non-hydrogen) atoms. The number of aliphatic hydroxyl groups excluding tert-OH is 2. The number of rotatable bonds is 14. The number of aromatic hydroxyl groups is 4. The van der Waals surface area contributed by atoms with E-state index in [1.807, 2.05) is 24.3 Å².